The van der Waals surface area contributed by atoms with E-state index in [4.69, 9.17) is 23.9 Å². The van der Waals surface area contributed by atoms with Crippen molar-refractivity contribution in [3.8, 4) is 0 Å². The van der Waals surface area contributed by atoms with Gasteiger partial charge >= 0.3 is 35.6 Å². The van der Waals surface area contributed by atoms with E-state index in [9.17, 15) is 0 Å². The Morgan fingerprint density at radius 2 is 1.40 bits per heavy atom. The Kier molecular flexibility index (Phi) is 8.99. The molecule has 0 amide bonds. The SMILES string of the molecule is C[Si](C)(C1CC[C@@H]2C(c3cccc4ccccc34)=CC=C[C@H]12)N1c2ccccc2[N-]c2ccccc21.[CH3-].[Cl][Ti][Cl]. The van der Waals surface area contributed by atoms with Crippen molar-refractivity contribution in [2.75, 3.05) is 4.57 Å². The molecule has 0 aromatic heterocycles. The number of fused-ring (bicyclic) bond motifs is 4. The van der Waals surface area contributed by atoms with E-state index in [1.54, 1.807) is 0 Å². The topological polar surface area (TPSA) is 17.3 Å². The number of anilines is 2. The summed E-state index contributed by atoms with van der Waals surface area (Å²) in [6.07, 6.45) is 9.79. The summed E-state index contributed by atoms with van der Waals surface area (Å²) >= 11 is -0.556. The van der Waals surface area contributed by atoms with Crippen LogP contribution in [0.5, 0.6) is 0 Å². The van der Waals surface area contributed by atoms with E-state index < -0.39 is 25.3 Å². The molecule has 1 heterocycles. The van der Waals surface area contributed by atoms with Gasteiger partial charge in [0.1, 0.15) is 0 Å². The van der Waals surface area contributed by atoms with Gasteiger partial charge in [-0.1, -0.05) is 110 Å². The molecule has 0 N–H and O–H groups in total. The quantitative estimate of drug-likeness (QED) is 0.165. The van der Waals surface area contributed by atoms with Gasteiger partial charge in [0.2, 0.25) is 0 Å². The molecule has 40 heavy (non-hydrogen) atoms. The number of allylic oxidation sites excluding steroid dienone is 4. The Morgan fingerprint density at radius 3 is 2.10 bits per heavy atom. The van der Waals surface area contributed by atoms with Crippen LogP contribution in [0.2, 0.25) is 18.6 Å². The molecule has 4 aromatic rings. The molecular weight excluding hydrogens is 583 g/mol. The summed E-state index contributed by atoms with van der Waals surface area (Å²) in [4.78, 5) is 0. The van der Waals surface area contributed by atoms with Crippen LogP contribution in [0.3, 0.4) is 0 Å². The van der Waals surface area contributed by atoms with Crippen molar-refractivity contribution in [1.82, 2.24) is 0 Å². The molecule has 4 aromatic carbocycles. The van der Waals surface area contributed by atoms with E-state index in [2.05, 4.69) is 127 Å². The van der Waals surface area contributed by atoms with Crippen LogP contribution in [-0.4, -0.2) is 8.24 Å². The fourth-order valence-electron chi connectivity index (χ4n) is 7.20. The number of rotatable bonds is 3. The molecule has 2 nitrogen and oxygen atoms in total. The molecule has 1 saturated carbocycles. The van der Waals surface area contributed by atoms with Gasteiger partial charge in [-0.05, 0) is 64.3 Å². The van der Waals surface area contributed by atoms with E-state index >= 15 is 0 Å². The Balaban J connectivity index is 0.000000774. The number of nitrogens with zero attached hydrogens (tertiary/aromatic N) is 2. The third-order valence-corrected chi connectivity index (χ3v) is 12.9. The van der Waals surface area contributed by atoms with E-state index in [0.29, 0.717) is 17.4 Å². The second-order valence-electron chi connectivity index (χ2n) is 11.1. The van der Waals surface area contributed by atoms with Gasteiger partial charge in [-0.25, -0.2) is 0 Å². The molecule has 0 spiro atoms. The maximum atomic E-state index is 5.02. The van der Waals surface area contributed by atoms with Crippen molar-refractivity contribution in [2.24, 2.45) is 11.8 Å². The van der Waals surface area contributed by atoms with Gasteiger partial charge in [-0.3, -0.25) is 0 Å². The molecule has 1 fully saturated rings. The van der Waals surface area contributed by atoms with E-state index in [-0.39, 0.29) is 7.43 Å². The molecule has 0 radical (unpaired) electrons. The molecule has 204 valence electrons. The fraction of sp³-hybridized carbons (Fsp3) is 0.206. The first-order valence-corrected chi connectivity index (χ1v) is 20.9. The molecule has 2 aliphatic carbocycles. The van der Waals surface area contributed by atoms with Crippen LogP contribution < -0.4 is 4.57 Å². The van der Waals surface area contributed by atoms with Crippen LogP contribution >= 0.6 is 18.6 Å². The normalized spacial score (nSPS) is 20.6. The molecule has 1 aliphatic heterocycles. The third-order valence-electron chi connectivity index (χ3n) is 8.80. The zero-order chi connectivity index (χ0) is 27.0. The maximum absolute atomic E-state index is 5.02. The molecule has 0 bridgehead atoms. The van der Waals surface area contributed by atoms with Gasteiger partial charge < -0.3 is 17.3 Å². The van der Waals surface area contributed by atoms with Crippen LogP contribution in [0.25, 0.3) is 21.7 Å². The van der Waals surface area contributed by atoms with Crippen molar-refractivity contribution in [1.29, 1.82) is 0 Å². The number of hydrogen-bond donors (Lipinski definition) is 0. The fourth-order valence-corrected chi connectivity index (χ4v) is 11.3. The molecule has 1 unspecified atom stereocenters. The summed E-state index contributed by atoms with van der Waals surface area (Å²) < 4.78 is 2.72. The van der Waals surface area contributed by atoms with E-state index in [0.717, 1.165) is 11.4 Å². The summed E-state index contributed by atoms with van der Waals surface area (Å²) in [5.74, 6) is 1.15. The Labute approximate surface area is 256 Å². The Hall–Kier alpha value is -2.27. The zero-order valence-corrected chi connectivity index (χ0v) is 27.3. The Morgan fingerprint density at radius 1 is 0.800 bits per heavy atom. The van der Waals surface area contributed by atoms with Crippen LogP contribution in [-0.2, 0) is 17.0 Å². The molecule has 3 atom stereocenters. The van der Waals surface area contributed by atoms with Crippen molar-refractivity contribution in [2.45, 2.75) is 31.5 Å². The molecule has 0 saturated heterocycles. The number of halogens is 2. The summed E-state index contributed by atoms with van der Waals surface area (Å²) in [6, 6.07) is 33.1. The molecule has 7 rings (SSSR count). The number of benzene rings is 4. The van der Waals surface area contributed by atoms with Crippen LogP contribution in [0.15, 0.2) is 109 Å². The third kappa shape index (κ3) is 5.12. The number of hydrogen-bond acceptors (Lipinski definition) is 1. The van der Waals surface area contributed by atoms with Crippen molar-refractivity contribution < 1.29 is 17.0 Å². The van der Waals surface area contributed by atoms with Crippen LogP contribution in [0.4, 0.5) is 22.7 Å². The first-order valence-electron chi connectivity index (χ1n) is 13.6. The summed E-state index contributed by atoms with van der Waals surface area (Å²) in [5.41, 5.74) is 8.36. The summed E-state index contributed by atoms with van der Waals surface area (Å²) in [6.45, 7) is 5.17. The van der Waals surface area contributed by atoms with Gasteiger partial charge in [0, 0.05) is 11.4 Å². The van der Waals surface area contributed by atoms with E-state index in [1.807, 2.05) is 0 Å². The van der Waals surface area contributed by atoms with Crippen molar-refractivity contribution in [3.63, 3.8) is 0 Å². The first kappa shape index (κ1) is 29.2. The van der Waals surface area contributed by atoms with Crippen LogP contribution in [0.1, 0.15) is 18.4 Å². The predicted octanol–water partition coefficient (Wildman–Crippen LogP) is 11.7. The average molecular weight is 618 g/mol. The monoisotopic (exact) mass is 616 g/mol. The van der Waals surface area contributed by atoms with E-state index in [1.165, 1.54) is 46.1 Å². The number of para-hydroxylation sites is 4. The predicted molar refractivity (Wildman–Crippen MR) is 174 cm³/mol. The van der Waals surface area contributed by atoms with Gasteiger partial charge in [0.25, 0.3) is 0 Å². The first-order chi connectivity index (χ1) is 19.0. The standard InChI is InChI=1S/C33H31N2Si.CH3.2ClH.Ti/c1-36(2,35-31-19-7-5-17-29(31)34-30-18-6-8-20-32(30)35)33-22-21-27-26(15-10-16-28(27)33)25-14-9-12-23-11-3-4-13-24(23)25;;;;/h3-20,27-28,33H,21-22H2,1-2H3;1H3;2*1H;/q2*-1;;;+2/p-2/t27-,28+,33?;;;;/m1..../s1. The average Bonchev–Trinajstić information content (AvgIpc) is 3.41. The zero-order valence-electron chi connectivity index (χ0n) is 23.2. The van der Waals surface area contributed by atoms with Crippen molar-refractivity contribution >= 4 is 65.9 Å². The van der Waals surface area contributed by atoms with Crippen LogP contribution in [0, 0.1) is 19.3 Å². The minimum absolute atomic E-state index is 0. The second-order valence-corrected chi connectivity index (χ2v) is 18.1. The van der Waals surface area contributed by atoms with Gasteiger partial charge in [-0.15, -0.1) is 11.4 Å². The van der Waals surface area contributed by atoms with Gasteiger partial charge in [0.05, 0.1) is 0 Å². The second kappa shape index (κ2) is 12.3. The molecule has 3 aliphatic rings. The van der Waals surface area contributed by atoms with Gasteiger partial charge in [0.15, 0.2) is 8.24 Å². The van der Waals surface area contributed by atoms with Crippen molar-refractivity contribution in [3.05, 3.63) is 128 Å². The molecule has 6 heteroatoms. The minimum atomic E-state index is -1.97. The summed E-state index contributed by atoms with van der Waals surface area (Å²) in [7, 11) is 7.81. The molecular formula is C34H34Cl2N2SiTi-2. The van der Waals surface area contributed by atoms with Gasteiger partial charge in [-0.2, -0.15) is 0 Å². The Bertz CT molecular complexity index is 1520. The summed E-state index contributed by atoms with van der Waals surface area (Å²) in [5, 5.41) is 7.72.